The molecule has 2 fully saturated rings. The molecular formula is C15H20Cl2N2O4S. The van der Waals surface area contributed by atoms with Crippen molar-refractivity contribution in [1.82, 2.24) is 9.62 Å². The van der Waals surface area contributed by atoms with E-state index in [0.29, 0.717) is 13.2 Å². The smallest absolute Gasteiger partial charge is 0.244 e. The van der Waals surface area contributed by atoms with Crippen LogP contribution in [-0.2, 0) is 14.8 Å². The fourth-order valence-corrected chi connectivity index (χ4v) is 5.18. The number of hydrogen-bond donors (Lipinski definition) is 1. The highest BCUT2D eigenvalue weighted by molar-refractivity contribution is 7.89. The van der Waals surface area contributed by atoms with Gasteiger partial charge in [0, 0.05) is 25.2 Å². The topological polar surface area (TPSA) is 67.9 Å². The predicted molar refractivity (Wildman–Crippen MR) is 92.5 cm³/mol. The van der Waals surface area contributed by atoms with E-state index >= 15 is 0 Å². The van der Waals surface area contributed by atoms with Crippen molar-refractivity contribution >= 4 is 33.2 Å². The zero-order valence-corrected chi connectivity index (χ0v) is 15.8. The van der Waals surface area contributed by atoms with Crippen molar-refractivity contribution in [3.63, 3.8) is 0 Å². The van der Waals surface area contributed by atoms with Crippen LogP contribution in [0.5, 0.6) is 5.75 Å². The molecule has 0 spiro atoms. The van der Waals surface area contributed by atoms with Gasteiger partial charge in [0.1, 0.15) is 9.92 Å². The van der Waals surface area contributed by atoms with Gasteiger partial charge in [-0.1, -0.05) is 23.2 Å². The van der Waals surface area contributed by atoms with E-state index in [0.717, 1.165) is 13.0 Å². The monoisotopic (exact) mass is 394 g/mol. The number of nitrogens with zero attached hydrogens (tertiary/aromatic N) is 1. The van der Waals surface area contributed by atoms with Gasteiger partial charge < -0.3 is 9.47 Å². The van der Waals surface area contributed by atoms with Crippen molar-refractivity contribution in [1.29, 1.82) is 0 Å². The van der Waals surface area contributed by atoms with E-state index < -0.39 is 10.0 Å². The Bertz CT molecular complexity index is 728. The van der Waals surface area contributed by atoms with Crippen molar-refractivity contribution in [2.75, 3.05) is 26.8 Å². The van der Waals surface area contributed by atoms with Gasteiger partial charge in [-0.05, 0) is 25.5 Å². The summed E-state index contributed by atoms with van der Waals surface area (Å²) in [4.78, 5) is 2.27. The zero-order valence-electron chi connectivity index (χ0n) is 13.5. The third-order valence-corrected chi connectivity index (χ3v) is 6.75. The minimum Gasteiger partial charge on any atom is -0.494 e. The third kappa shape index (κ3) is 3.52. The molecule has 134 valence electrons. The van der Waals surface area contributed by atoms with E-state index in [2.05, 4.69) is 9.62 Å². The molecule has 0 aromatic heterocycles. The number of hydrogen-bond acceptors (Lipinski definition) is 5. The Morgan fingerprint density at radius 2 is 2.08 bits per heavy atom. The number of sulfonamides is 1. The van der Waals surface area contributed by atoms with Gasteiger partial charge in [-0.3, -0.25) is 4.90 Å². The fourth-order valence-electron chi connectivity index (χ4n) is 3.32. The second kappa shape index (κ2) is 6.97. The van der Waals surface area contributed by atoms with E-state index in [1.165, 1.54) is 19.2 Å². The Labute approximate surface area is 152 Å². The Kier molecular flexibility index (Phi) is 5.30. The van der Waals surface area contributed by atoms with Gasteiger partial charge in [0.15, 0.2) is 5.75 Å². The average Bonchev–Trinajstić information content (AvgIpc) is 2.90. The maximum Gasteiger partial charge on any atom is 0.244 e. The molecule has 9 heteroatoms. The van der Waals surface area contributed by atoms with Crippen LogP contribution in [0.1, 0.15) is 13.3 Å². The first-order valence-corrected chi connectivity index (χ1v) is 9.95. The highest BCUT2D eigenvalue weighted by Gasteiger charge is 2.38. The standard InChI is InChI=1S/C15H20Cl2N2O4S/c1-9-6-19-7-10(5-11(19)8-23-9)18-24(20,21)13-4-3-12(16)14(17)15(13)22-2/h3-4,9-11,18H,5-8H2,1-2H3/t9-,10-,11+/m1/s1. The molecule has 24 heavy (non-hydrogen) atoms. The molecule has 0 aliphatic carbocycles. The van der Waals surface area contributed by atoms with Crippen LogP contribution in [-0.4, -0.2) is 58.3 Å². The lowest BCUT2D eigenvalue weighted by Gasteiger charge is -2.33. The molecule has 3 rings (SSSR count). The molecule has 3 atom stereocenters. The van der Waals surface area contributed by atoms with Gasteiger partial charge in [-0.2, -0.15) is 0 Å². The van der Waals surface area contributed by atoms with Crippen molar-refractivity contribution in [3.8, 4) is 5.75 Å². The first-order valence-electron chi connectivity index (χ1n) is 7.71. The lowest BCUT2D eigenvalue weighted by molar-refractivity contribution is -0.0390. The number of rotatable bonds is 4. The van der Waals surface area contributed by atoms with Crippen molar-refractivity contribution in [2.45, 2.75) is 36.4 Å². The van der Waals surface area contributed by atoms with Crippen LogP contribution < -0.4 is 9.46 Å². The van der Waals surface area contributed by atoms with Gasteiger partial charge in [-0.15, -0.1) is 0 Å². The molecule has 6 nitrogen and oxygen atoms in total. The quantitative estimate of drug-likeness (QED) is 0.846. The molecule has 0 radical (unpaired) electrons. The Balaban J connectivity index is 1.79. The van der Waals surface area contributed by atoms with Gasteiger partial charge in [0.25, 0.3) is 0 Å². The number of methoxy groups -OCH3 is 1. The maximum atomic E-state index is 12.8. The highest BCUT2D eigenvalue weighted by atomic mass is 35.5. The number of nitrogens with one attached hydrogen (secondary N) is 1. The summed E-state index contributed by atoms with van der Waals surface area (Å²) in [7, 11) is -2.40. The molecule has 0 amide bonds. The Morgan fingerprint density at radius 1 is 1.33 bits per heavy atom. The zero-order chi connectivity index (χ0) is 17.5. The molecule has 1 N–H and O–H groups in total. The van der Waals surface area contributed by atoms with Crippen LogP contribution in [0, 0.1) is 0 Å². The predicted octanol–water partition coefficient (Wildman–Crippen LogP) is 2.14. The second-order valence-corrected chi connectivity index (χ2v) is 8.67. The van der Waals surface area contributed by atoms with Crippen LogP contribution >= 0.6 is 23.2 Å². The molecule has 2 saturated heterocycles. The SMILES string of the molecule is COc1c(S(=O)(=O)N[C@@H]2C[C@H]3CO[C@H](C)CN3C2)ccc(Cl)c1Cl. The Hall–Kier alpha value is -0.570. The average molecular weight is 395 g/mol. The normalized spacial score (nSPS) is 27.9. The maximum absolute atomic E-state index is 12.8. The van der Waals surface area contributed by atoms with E-state index in [1.807, 2.05) is 6.92 Å². The number of halogens is 2. The van der Waals surface area contributed by atoms with E-state index in [-0.39, 0.29) is 38.9 Å². The summed E-state index contributed by atoms with van der Waals surface area (Å²) in [6.07, 6.45) is 0.891. The molecule has 1 aromatic carbocycles. The van der Waals surface area contributed by atoms with Crippen LogP contribution in [0.2, 0.25) is 10.0 Å². The van der Waals surface area contributed by atoms with Crippen LogP contribution in [0.4, 0.5) is 0 Å². The molecule has 0 unspecified atom stereocenters. The third-order valence-electron chi connectivity index (χ3n) is 4.42. The van der Waals surface area contributed by atoms with Gasteiger partial charge in [0.2, 0.25) is 10.0 Å². The van der Waals surface area contributed by atoms with Crippen molar-refractivity contribution in [3.05, 3.63) is 22.2 Å². The van der Waals surface area contributed by atoms with Crippen LogP contribution in [0.3, 0.4) is 0 Å². The van der Waals surface area contributed by atoms with Crippen LogP contribution in [0.25, 0.3) is 0 Å². The molecule has 0 saturated carbocycles. The molecule has 2 heterocycles. The van der Waals surface area contributed by atoms with Gasteiger partial charge in [-0.25, -0.2) is 13.1 Å². The minimum absolute atomic E-state index is 0.00566. The summed E-state index contributed by atoms with van der Waals surface area (Å²) in [5.41, 5.74) is 0. The fraction of sp³-hybridized carbons (Fsp3) is 0.600. The largest absolute Gasteiger partial charge is 0.494 e. The lowest BCUT2D eigenvalue weighted by atomic mass is 10.2. The van der Waals surface area contributed by atoms with Gasteiger partial charge in [0.05, 0.1) is 24.8 Å². The summed E-state index contributed by atoms with van der Waals surface area (Å²) in [5, 5.41) is 0.338. The number of fused-ring (bicyclic) bond motifs is 1. The number of benzene rings is 1. The minimum atomic E-state index is -3.77. The molecule has 2 aliphatic heterocycles. The van der Waals surface area contributed by atoms with Gasteiger partial charge >= 0.3 is 0 Å². The Morgan fingerprint density at radius 3 is 2.79 bits per heavy atom. The van der Waals surface area contributed by atoms with E-state index in [1.54, 1.807) is 0 Å². The van der Waals surface area contributed by atoms with E-state index in [4.69, 9.17) is 32.7 Å². The van der Waals surface area contributed by atoms with Crippen molar-refractivity contribution < 1.29 is 17.9 Å². The van der Waals surface area contributed by atoms with E-state index in [9.17, 15) is 8.42 Å². The molecule has 0 bridgehead atoms. The van der Waals surface area contributed by atoms with Crippen molar-refractivity contribution in [2.24, 2.45) is 0 Å². The molecule has 1 aromatic rings. The number of morpholine rings is 1. The summed E-state index contributed by atoms with van der Waals surface area (Å²) in [5.74, 6) is 0.0596. The summed E-state index contributed by atoms with van der Waals surface area (Å²) in [6.45, 7) is 4.14. The number of ether oxygens (including phenoxy) is 2. The molecular weight excluding hydrogens is 375 g/mol. The first kappa shape index (κ1) is 18.2. The lowest BCUT2D eigenvalue weighted by Crippen LogP contribution is -2.45. The summed E-state index contributed by atoms with van der Waals surface area (Å²) in [6, 6.07) is 2.94. The summed E-state index contributed by atoms with van der Waals surface area (Å²) >= 11 is 12.0. The second-order valence-electron chi connectivity index (χ2n) is 6.20. The highest BCUT2D eigenvalue weighted by Crippen LogP contribution is 2.37. The first-order chi connectivity index (χ1) is 11.3. The summed E-state index contributed by atoms with van der Waals surface area (Å²) < 4.78 is 39.1. The molecule has 2 aliphatic rings. The van der Waals surface area contributed by atoms with Crippen LogP contribution in [0.15, 0.2) is 17.0 Å².